The van der Waals surface area contributed by atoms with E-state index in [4.69, 9.17) is 15.6 Å². The van der Waals surface area contributed by atoms with Gasteiger partial charge >= 0.3 is 0 Å². The number of carbonyl (C=O) groups excluding carboxylic acids is 2. The first kappa shape index (κ1) is 12.1. The molecule has 1 aliphatic heterocycles. The van der Waals surface area contributed by atoms with Crippen LogP contribution in [-0.2, 0) is 14.3 Å². The van der Waals surface area contributed by atoms with Gasteiger partial charge < -0.3 is 15.6 Å². The van der Waals surface area contributed by atoms with Crippen molar-refractivity contribution in [1.82, 2.24) is 4.90 Å². The van der Waals surface area contributed by atoms with Gasteiger partial charge in [-0.15, -0.1) is 0 Å². The number of carbonyl (C=O) groups is 2. The van der Waals surface area contributed by atoms with Crippen LogP contribution in [0.25, 0.3) is 0 Å². The van der Waals surface area contributed by atoms with Gasteiger partial charge in [-0.05, 0) is 6.42 Å². The Hall–Kier alpha value is -0.980. The minimum Gasteiger partial charge on any atom is -0.394 e. The number of nitrogens with two attached hydrogens (primary N) is 1. The molecule has 0 aromatic rings. The molecule has 1 fully saturated rings. The Labute approximate surface area is 88.0 Å². The highest BCUT2D eigenvalue weighted by molar-refractivity contribution is 6.00. The Morgan fingerprint density at radius 2 is 2.20 bits per heavy atom. The molecule has 1 heterocycles. The van der Waals surface area contributed by atoms with E-state index >= 15 is 0 Å². The minimum absolute atomic E-state index is 0.0680. The first-order valence-corrected chi connectivity index (χ1v) is 4.95. The summed E-state index contributed by atoms with van der Waals surface area (Å²) in [6.45, 7) is 0.597. The second-order valence-corrected chi connectivity index (χ2v) is 3.36. The van der Waals surface area contributed by atoms with Gasteiger partial charge in [0, 0.05) is 6.42 Å². The second-order valence-electron chi connectivity index (χ2n) is 3.36. The van der Waals surface area contributed by atoms with Crippen LogP contribution in [0.4, 0.5) is 0 Å². The first-order valence-electron chi connectivity index (χ1n) is 4.95. The number of hydrogen-bond acceptors (Lipinski definition) is 5. The molecule has 6 heteroatoms. The molecule has 0 aromatic heterocycles. The van der Waals surface area contributed by atoms with Crippen LogP contribution in [0.1, 0.15) is 12.8 Å². The molecule has 0 bridgehead atoms. The van der Waals surface area contributed by atoms with Crippen LogP contribution in [0.3, 0.4) is 0 Å². The zero-order valence-electron chi connectivity index (χ0n) is 8.52. The van der Waals surface area contributed by atoms with Gasteiger partial charge in [-0.1, -0.05) is 0 Å². The van der Waals surface area contributed by atoms with E-state index in [1.807, 2.05) is 0 Å². The number of piperidine rings is 1. The predicted molar refractivity (Wildman–Crippen MR) is 51.8 cm³/mol. The molecule has 1 atom stereocenters. The van der Waals surface area contributed by atoms with E-state index in [1.54, 1.807) is 0 Å². The molecular formula is C9H16N2O4. The molecule has 0 radical (unpaired) electrons. The summed E-state index contributed by atoms with van der Waals surface area (Å²) in [6, 6.07) is -0.569. The molecule has 0 aromatic carbocycles. The maximum atomic E-state index is 11.5. The SMILES string of the molecule is NC1CCC(=O)N(CCOCCO)C1=O. The molecule has 1 rings (SSSR count). The third-order valence-corrected chi connectivity index (χ3v) is 2.25. The number of rotatable bonds is 5. The summed E-state index contributed by atoms with van der Waals surface area (Å²) < 4.78 is 4.98. The van der Waals surface area contributed by atoms with E-state index < -0.39 is 6.04 Å². The van der Waals surface area contributed by atoms with Gasteiger partial charge in [-0.25, -0.2) is 0 Å². The maximum Gasteiger partial charge on any atom is 0.246 e. The van der Waals surface area contributed by atoms with E-state index in [0.29, 0.717) is 12.8 Å². The first-order chi connectivity index (χ1) is 7.16. The van der Waals surface area contributed by atoms with E-state index in [2.05, 4.69) is 0 Å². The maximum absolute atomic E-state index is 11.5. The largest absolute Gasteiger partial charge is 0.394 e. The Balaban J connectivity index is 2.36. The van der Waals surface area contributed by atoms with E-state index in [1.165, 1.54) is 0 Å². The Morgan fingerprint density at radius 1 is 1.47 bits per heavy atom. The van der Waals surface area contributed by atoms with Crippen molar-refractivity contribution in [2.45, 2.75) is 18.9 Å². The number of amides is 2. The molecule has 0 aliphatic carbocycles. The molecule has 2 amide bonds. The molecule has 3 N–H and O–H groups in total. The summed E-state index contributed by atoms with van der Waals surface area (Å²) in [6.07, 6.45) is 0.735. The number of ether oxygens (including phenoxy) is 1. The van der Waals surface area contributed by atoms with Crippen molar-refractivity contribution in [2.75, 3.05) is 26.4 Å². The zero-order valence-corrected chi connectivity index (χ0v) is 8.52. The highest BCUT2D eigenvalue weighted by Gasteiger charge is 2.31. The highest BCUT2D eigenvalue weighted by Crippen LogP contribution is 2.10. The number of imide groups is 1. The van der Waals surface area contributed by atoms with E-state index in [0.717, 1.165) is 4.90 Å². The molecule has 1 saturated heterocycles. The second kappa shape index (κ2) is 5.79. The van der Waals surface area contributed by atoms with Gasteiger partial charge in [-0.3, -0.25) is 14.5 Å². The third-order valence-electron chi connectivity index (χ3n) is 2.25. The third kappa shape index (κ3) is 3.26. The lowest BCUT2D eigenvalue weighted by molar-refractivity contribution is -0.150. The van der Waals surface area contributed by atoms with Crippen molar-refractivity contribution >= 4 is 11.8 Å². The van der Waals surface area contributed by atoms with Crippen LogP contribution >= 0.6 is 0 Å². The van der Waals surface area contributed by atoms with Crippen LogP contribution in [0.2, 0.25) is 0 Å². The lowest BCUT2D eigenvalue weighted by atomic mass is 10.1. The smallest absolute Gasteiger partial charge is 0.246 e. The Kier molecular flexibility index (Phi) is 4.67. The Morgan fingerprint density at radius 3 is 2.87 bits per heavy atom. The lowest BCUT2D eigenvalue weighted by Gasteiger charge is -2.28. The molecule has 0 spiro atoms. The summed E-state index contributed by atoms with van der Waals surface area (Å²) in [7, 11) is 0. The van der Waals surface area contributed by atoms with Gasteiger partial charge in [0.15, 0.2) is 0 Å². The van der Waals surface area contributed by atoms with Crippen LogP contribution in [0.15, 0.2) is 0 Å². The minimum atomic E-state index is -0.569. The summed E-state index contributed by atoms with van der Waals surface area (Å²) in [5.74, 6) is -0.534. The van der Waals surface area contributed by atoms with Crippen LogP contribution < -0.4 is 5.73 Å². The number of likely N-dealkylation sites (tertiary alicyclic amines) is 1. The van der Waals surface area contributed by atoms with Crippen molar-refractivity contribution in [3.63, 3.8) is 0 Å². The van der Waals surface area contributed by atoms with Crippen molar-refractivity contribution < 1.29 is 19.4 Å². The molecule has 6 nitrogen and oxygen atoms in total. The Bertz CT molecular complexity index is 244. The number of hydrogen-bond donors (Lipinski definition) is 2. The fourth-order valence-electron chi connectivity index (χ4n) is 1.42. The average molecular weight is 216 g/mol. The number of nitrogens with zero attached hydrogens (tertiary/aromatic N) is 1. The quantitative estimate of drug-likeness (QED) is 0.429. The normalized spacial score (nSPS) is 22.3. The molecular weight excluding hydrogens is 200 g/mol. The van der Waals surface area contributed by atoms with Crippen LogP contribution in [-0.4, -0.2) is 54.2 Å². The summed E-state index contributed by atoms with van der Waals surface area (Å²) in [5.41, 5.74) is 5.54. The van der Waals surface area contributed by atoms with Gasteiger partial charge in [-0.2, -0.15) is 0 Å². The number of aliphatic hydroxyl groups is 1. The van der Waals surface area contributed by atoms with E-state index in [-0.39, 0.29) is 38.2 Å². The fraction of sp³-hybridized carbons (Fsp3) is 0.778. The van der Waals surface area contributed by atoms with Gasteiger partial charge in [0.2, 0.25) is 11.8 Å². The number of aliphatic hydroxyl groups excluding tert-OH is 1. The zero-order chi connectivity index (χ0) is 11.3. The molecule has 1 aliphatic rings. The van der Waals surface area contributed by atoms with Crippen LogP contribution in [0, 0.1) is 0 Å². The van der Waals surface area contributed by atoms with Crippen molar-refractivity contribution in [3.8, 4) is 0 Å². The van der Waals surface area contributed by atoms with Gasteiger partial charge in [0.25, 0.3) is 0 Å². The van der Waals surface area contributed by atoms with Crippen molar-refractivity contribution in [2.24, 2.45) is 5.73 Å². The monoisotopic (exact) mass is 216 g/mol. The standard InChI is InChI=1S/C9H16N2O4/c10-7-1-2-8(13)11(9(7)14)3-5-15-6-4-12/h7,12H,1-6,10H2. The van der Waals surface area contributed by atoms with Gasteiger partial charge in [0.1, 0.15) is 0 Å². The molecule has 1 unspecified atom stereocenters. The predicted octanol–water partition coefficient (Wildman–Crippen LogP) is -1.53. The molecule has 86 valence electrons. The summed E-state index contributed by atoms with van der Waals surface area (Å²) in [4.78, 5) is 24.0. The summed E-state index contributed by atoms with van der Waals surface area (Å²) >= 11 is 0. The molecule has 15 heavy (non-hydrogen) atoms. The van der Waals surface area contributed by atoms with Gasteiger partial charge in [0.05, 0.1) is 32.4 Å². The topological polar surface area (TPSA) is 92.9 Å². The van der Waals surface area contributed by atoms with E-state index in [9.17, 15) is 9.59 Å². The average Bonchev–Trinajstić information content (AvgIpc) is 2.23. The fourth-order valence-corrected chi connectivity index (χ4v) is 1.42. The summed E-state index contributed by atoms with van der Waals surface area (Å²) in [5, 5.41) is 8.46. The van der Waals surface area contributed by atoms with Crippen LogP contribution in [0.5, 0.6) is 0 Å². The van der Waals surface area contributed by atoms with Crippen molar-refractivity contribution in [3.05, 3.63) is 0 Å². The lowest BCUT2D eigenvalue weighted by Crippen LogP contribution is -2.52. The highest BCUT2D eigenvalue weighted by atomic mass is 16.5. The van der Waals surface area contributed by atoms with Crippen molar-refractivity contribution in [1.29, 1.82) is 0 Å². The molecule has 0 saturated carbocycles.